The number of ketones is 1. The van der Waals surface area contributed by atoms with Crippen LogP contribution in [0.2, 0.25) is 0 Å². The molecule has 0 saturated heterocycles. The van der Waals surface area contributed by atoms with E-state index in [-0.39, 0.29) is 35.6 Å². The molecule has 0 heterocycles. The average Bonchev–Trinajstić information content (AvgIpc) is 3.19. The number of carboxylic acids is 2. The van der Waals surface area contributed by atoms with Crippen LogP contribution in [0.5, 0.6) is 0 Å². The summed E-state index contributed by atoms with van der Waals surface area (Å²) in [6.07, 6.45) is 1.56. The molecule has 14 heteroatoms. The first-order chi connectivity index (χ1) is 27.6. The summed E-state index contributed by atoms with van der Waals surface area (Å²) in [5, 5.41) is 27.6. The van der Waals surface area contributed by atoms with Crippen molar-refractivity contribution in [2.24, 2.45) is 0 Å². The fourth-order valence-corrected chi connectivity index (χ4v) is 5.96. The topological polar surface area (TPSA) is 209 Å². The molecule has 4 aromatic rings. The smallest absolute Gasteiger partial charge is 0.408 e. The maximum Gasteiger partial charge on any atom is 0.408 e. The number of ether oxygens (including phenoxy) is 1. The summed E-state index contributed by atoms with van der Waals surface area (Å²) in [4.78, 5) is 91.1. The molecule has 0 aliphatic rings. The summed E-state index contributed by atoms with van der Waals surface area (Å²) in [6, 6.07) is 24.4. The van der Waals surface area contributed by atoms with Crippen molar-refractivity contribution >= 4 is 52.9 Å². The van der Waals surface area contributed by atoms with Crippen LogP contribution in [0, 0.1) is 0 Å². The number of amides is 4. The van der Waals surface area contributed by atoms with Gasteiger partial charge < -0.3 is 30.9 Å². The number of para-hydroxylation sites is 1. The summed E-state index contributed by atoms with van der Waals surface area (Å²) < 4.78 is 5.44. The molecule has 0 spiro atoms. The maximum atomic E-state index is 14.1. The van der Waals surface area contributed by atoms with Crippen molar-refractivity contribution in [3.05, 3.63) is 131 Å². The first kappa shape index (κ1) is 43.9. The molecule has 0 bridgehead atoms. The number of benzene rings is 4. The van der Waals surface area contributed by atoms with E-state index < -0.39 is 53.4 Å². The molecule has 4 aromatic carbocycles. The summed E-state index contributed by atoms with van der Waals surface area (Å²) in [5.74, 6) is -5.93. The maximum absolute atomic E-state index is 14.1. The van der Waals surface area contributed by atoms with Gasteiger partial charge in [-0.25, -0.2) is 14.4 Å². The largest absolute Gasteiger partial charge is 0.478 e. The average molecular weight is 793 g/mol. The van der Waals surface area contributed by atoms with Crippen LogP contribution < -0.4 is 20.9 Å². The number of nitrogens with zero attached hydrogens (tertiary/aromatic N) is 1. The van der Waals surface area contributed by atoms with Gasteiger partial charge in [-0.1, -0.05) is 98.6 Å². The Morgan fingerprint density at radius 1 is 0.672 bits per heavy atom. The molecule has 0 unspecified atom stereocenters. The van der Waals surface area contributed by atoms with Crippen LogP contribution >= 0.6 is 0 Å². The molecule has 0 fully saturated rings. The SMILES string of the molecule is CCCCCNC(=O)[C@H](Cc1ccc(N(C(=O)C(=O)O)c2ccccc2C(=O)O)cc1)NC(=O)[C@H](Cc1ccc(C(=O)c2ccccc2)cc1)NC(=O)OC(C)(C)C. The second kappa shape index (κ2) is 20.4. The Morgan fingerprint density at radius 2 is 1.22 bits per heavy atom. The molecule has 0 aliphatic heterocycles. The minimum atomic E-state index is -1.81. The number of alkyl carbamates (subject to hydrolysis) is 1. The minimum Gasteiger partial charge on any atom is -0.478 e. The summed E-state index contributed by atoms with van der Waals surface area (Å²) >= 11 is 0. The van der Waals surface area contributed by atoms with E-state index in [4.69, 9.17) is 4.74 Å². The Morgan fingerprint density at radius 3 is 1.79 bits per heavy atom. The summed E-state index contributed by atoms with van der Waals surface area (Å²) in [7, 11) is 0. The van der Waals surface area contributed by atoms with Crippen LogP contribution in [-0.4, -0.2) is 76.0 Å². The van der Waals surface area contributed by atoms with Crippen LogP contribution in [0.3, 0.4) is 0 Å². The predicted octanol–water partition coefficient (Wildman–Crippen LogP) is 5.83. The van der Waals surface area contributed by atoms with Crippen molar-refractivity contribution in [2.75, 3.05) is 11.4 Å². The van der Waals surface area contributed by atoms with E-state index in [9.17, 15) is 43.8 Å². The number of carbonyl (C=O) groups excluding carboxylic acids is 5. The normalized spacial score (nSPS) is 12.0. The zero-order chi connectivity index (χ0) is 42.4. The van der Waals surface area contributed by atoms with E-state index in [0.717, 1.165) is 17.7 Å². The number of nitrogens with one attached hydrogen (secondary N) is 3. The molecule has 4 amide bonds. The lowest BCUT2D eigenvalue weighted by Gasteiger charge is -2.26. The Bertz CT molecular complexity index is 2100. The molecule has 5 N–H and O–H groups in total. The molecule has 2 atom stereocenters. The molecule has 4 rings (SSSR count). The predicted molar refractivity (Wildman–Crippen MR) is 216 cm³/mol. The van der Waals surface area contributed by atoms with Crippen molar-refractivity contribution in [1.29, 1.82) is 0 Å². The highest BCUT2D eigenvalue weighted by Crippen LogP contribution is 2.30. The van der Waals surface area contributed by atoms with Crippen LogP contribution in [0.25, 0.3) is 0 Å². The first-order valence-electron chi connectivity index (χ1n) is 18.8. The number of hydrogen-bond donors (Lipinski definition) is 5. The minimum absolute atomic E-state index is 0.0182. The Labute approximate surface area is 336 Å². The molecule has 58 heavy (non-hydrogen) atoms. The van der Waals surface area contributed by atoms with Gasteiger partial charge in [0.1, 0.15) is 17.7 Å². The van der Waals surface area contributed by atoms with Crippen LogP contribution in [0.4, 0.5) is 16.2 Å². The molecule has 0 aromatic heterocycles. The van der Waals surface area contributed by atoms with Crippen LogP contribution in [-0.2, 0) is 36.8 Å². The molecule has 14 nitrogen and oxygen atoms in total. The standard InChI is InChI=1S/C44H48N4O10/c1-5-6-12-25-45-38(50)34(26-29-19-23-32(24-20-29)48(40(52)42(55)56)36-16-11-10-15-33(36)41(53)54)46-39(51)35(47-43(57)58-44(2,3)4)27-28-17-21-31(22-18-28)37(49)30-13-8-7-9-14-30/h7-11,13-24,34-35H,5-6,12,25-27H2,1-4H3,(H,45,50)(H,46,51)(H,47,57)(H,53,54)(H,55,56)/t34-,35-/m0/s1. The first-order valence-corrected chi connectivity index (χ1v) is 18.8. The third kappa shape index (κ3) is 12.6. The van der Waals surface area contributed by atoms with Gasteiger partial charge in [0.25, 0.3) is 0 Å². The van der Waals surface area contributed by atoms with Crippen molar-refractivity contribution < 1.29 is 48.5 Å². The van der Waals surface area contributed by atoms with Crippen molar-refractivity contribution in [3.8, 4) is 0 Å². The fraction of sp³-hybridized carbons (Fsp3) is 0.295. The van der Waals surface area contributed by atoms with Gasteiger partial charge >= 0.3 is 23.9 Å². The Kier molecular flexibility index (Phi) is 15.4. The van der Waals surface area contributed by atoms with Crippen molar-refractivity contribution in [1.82, 2.24) is 16.0 Å². The van der Waals surface area contributed by atoms with Crippen LogP contribution in [0.15, 0.2) is 103 Å². The quantitative estimate of drug-likeness (QED) is 0.0491. The summed E-state index contributed by atoms with van der Waals surface area (Å²) in [5.41, 5.74) is 0.781. The van der Waals surface area contributed by atoms with Gasteiger partial charge in [-0.15, -0.1) is 0 Å². The highest BCUT2D eigenvalue weighted by atomic mass is 16.6. The van der Waals surface area contributed by atoms with Crippen molar-refractivity contribution in [2.45, 2.75) is 77.5 Å². The number of carbonyl (C=O) groups is 7. The number of hydrogen-bond acceptors (Lipinski definition) is 8. The summed E-state index contributed by atoms with van der Waals surface area (Å²) in [6.45, 7) is 7.40. The lowest BCUT2D eigenvalue weighted by molar-refractivity contribution is -0.148. The van der Waals surface area contributed by atoms with E-state index in [1.165, 1.54) is 48.5 Å². The molecule has 0 radical (unpaired) electrons. The number of anilines is 2. The molecule has 304 valence electrons. The number of unbranched alkanes of at least 4 members (excludes halogenated alkanes) is 2. The lowest BCUT2D eigenvalue weighted by atomic mass is 9.99. The van der Waals surface area contributed by atoms with Gasteiger partial charge in [0.05, 0.1) is 11.3 Å². The van der Waals surface area contributed by atoms with Gasteiger partial charge in [0.2, 0.25) is 11.8 Å². The number of aliphatic carboxylic acids is 1. The van der Waals surface area contributed by atoms with E-state index in [1.54, 1.807) is 69.3 Å². The second-order valence-electron chi connectivity index (χ2n) is 14.5. The van der Waals surface area contributed by atoms with E-state index in [1.807, 2.05) is 13.0 Å². The highest BCUT2D eigenvalue weighted by molar-refractivity contribution is 6.39. The zero-order valence-electron chi connectivity index (χ0n) is 32.8. The Hall–Kier alpha value is -6.83. The van der Waals surface area contributed by atoms with Gasteiger partial charge in [0, 0.05) is 36.2 Å². The monoisotopic (exact) mass is 792 g/mol. The van der Waals surface area contributed by atoms with Gasteiger partial charge in [0.15, 0.2) is 5.78 Å². The van der Waals surface area contributed by atoms with Gasteiger partial charge in [-0.3, -0.25) is 24.1 Å². The van der Waals surface area contributed by atoms with E-state index in [2.05, 4.69) is 16.0 Å². The number of aromatic carboxylic acids is 1. The molecule has 0 aliphatic carbocycles. The third-order valence-corrected chi connectivity index (χ3v) is 8.81. The number of rotatable bonds is 17. The fourth-order valence-electron chi connectivity index (χ4n) is 5.96. The zero-order valence-corrected chi connectivity index (χ0v) is 32.8. The van der Waals surface area contributed by atoms with Crippen LogP contribution in [0.1, 0.15) is 84.4 Å². The molecular weight excluding hydrogens is 745 g/mol. The third-order valence-electron chi connectivity index (χ3n) is 8.81. The van der Waals surface area contributed by atoms with Gasteiger partial charge in [-0.05, 0) is 62.6 Å². The Balaban J connectivity index is 1.62. The van der Waals surface area contributed by atoms with Crippen molar-refractivity contribution in [3.63, 3.8) is 0 Å². The van der Waals surface area contributed by atoms with Gasteiger partial charge in [-0.2, -0.15) is 0 Å². The lowest BCUT2D eigenvalue weighted by Crippen LogP contribution is -2.55. The number of carboxylic acid groups (broad SMARTS) is 2. The highest BCUT2D eigenvalue weighted by Gasteiger charge is 2.31. The molecule has 0 saturated carbocycles. The van der Waals surface area contributed by atoms with E-state index in [0.29, 0.717) is 35.2 Å². The molecular formula is C44H48N4O10. The second-order valence-corrected chi connectivity index (χ2v) is 14.5. The van der Waals surface area contributed by atoms with E-state index >= 15 is 0 Å².